The second kappa shape index (κ2) is 10.8. The zero-order valence-corrected chi connectivity index (χ0v) is 18.5. The molecule has 3 aromatic rings. The van der Waals surface area contributed by atoms with Gasteiger partial charge < -0.3 is 15.1 Å². The van der Waals surface area contributed by atoms with E-state index in [9.17, 15) is 9.59 Å². The lowest BCUT2D eigenvalue weighted by molar-refractivity contribution is -0.141. The van der Waals surface area contributed by atoms with Gasteiger partial charge in [-0.15, -0.1) is 0 Å². The summed E-state index contributed by atoms with van der Waals surface area (Å²) in [6.07, 6.45) is 2.81. The van der Waals surface area contributed by atoms with Gasteiger partial charge in [-0.25, -0.2) is 0 Å². The van der Waals surface area contributed by atoms with E-state index in [2.05, 4.69) is 5.32 Å². The molecule has 4 rings (SSSR count). The number of rotatable bonds is 10. The number of nitrogens with two attached hydrogens (primary N) is 1. The Morgan fingerprint density at radius 2 is 1.52 bits per heavy atom. The van der Waals surface area contributed by atoms with Gasteiger partial charge in [0.1, 0.15) is 11.8 Å². The third kappa shape index (κ3) is 5.99. The van der Waals surface area contributed by atoms with Crippen molar-refractivity contribution in [3.8, 4) is 5.75 Å². The first-order valence-electron chi connectivity index (χ1n) is 11.3. The van der Waals surface area contributed by atoms with Gasteiger partial charge in [0.2, 0.25) is 11.8 Å². The van der Waals surface area contributed by atoms with Gasteiger partial charge in [-0.05, 0) is 48.1 Å². The lowest BCUT2D eigenvalue weighted by Gasteiger charge is -2.32. The fourth-order valence-electron chi connectivity index (χ4n) is 3.98. The molecule has 3 aromatic carbocycles. The highest BCUT2D eigenvalue weighted by molar-refractivity contribution is 5.89. The van der Waals surface area contributed by atoms with Gasteiger partial charge in [-0.3, -0.25) is 9.59 Å². The highest BCUT2D eigenvalue weighted by atomic mass is 16.6. The van der Waals surface area contributed by atoms with Crippen LogP contribution in [0.25, 0.3) is 0 Å². The second-order valence-corrected chi connectivity index (χ2v) is 8.31. The van der Waals surface area contributed by atoms with Crippen molar-refractivity contribution < 1.29 is 14.4 Å². The fourth-order valence-corrected chi connectivity index (χ4v) is 3.98. The van der Waals surface area contributed by atoms with Crippen LogP contribution >= 0.6 is 0 Å². The molecule has 1 saturated carbocycles. The van der Waals surface area contributed by atoms with E-state index < -0.39 is 6.04 Å². The molecule has 1 unspecified atom stereocenters. The molecular formula is C27H29N3O3. The summed E-state index contributed by atoms with van der Waals surface area (Å²) in [5, 5.41) is 3.03. The highest BCUT2D eigenvalue weighted by Gasteiger charge is 2.41. The van der Waals surface area contributed by atoms with Crippen LogP contribution < -0.4 is 16.1 Å². The summed E-state index contributed by atoms with van der Waals surface area (Å²) in [6.45, 7) is 0.400. The maximum atomic E-state index is 13.5. The maximum absolute atomic E-state index is 13.5. The van der Waals surface area contributed by atoms with Crippen molar-refractivity contribution in [2.75, 3.05) is 0 Å². The quantitative estimate of drug-likeness (QED) is 0.465. The summed E-state index contributed by atoms with van der Waals surface area (Å²) < 4.78 is 0. The van der Waals surface area contributed by atoms with Crippen molar-refractivity contribution >= 4 is 11.8 Å². The molecule has 1 fully saturated rings. The summed E-state index contributed by atoms with van der Waals surface area (Å²) in [4.78, 5) is 33.4. The highest BCUT2D eigenvalue weighted by Crippen LogP contribution is 2.36. The SMILES string of the molecule is NOc1ccc(C(C(=O)NCc2ccccc2)N(C(=O)CCc2ccccc2)C2CC2)cc1. The van der Waals surface area contributed by atoms with Crippen LogP contribution in [0.2, 0.25) is 0 Å². The maximum Gasteiger partial charge on any atom is 0.247 e. The topological polar surface area (TPSA) is 84.7 Å². The molecule has 0 aromatic heterocycles. The van der Waals surface area contributed by atoms with Gasteiger partial charge in [-0.1, -0.05) is 72.8 Å². The summed E-state index contributed by atoms with van der Waals surface area (Å²) in [5.74, 6) is 5.55. The minimum atomic E-state index is -0.712. The average molecular weight is 444 g/mol. The summed E-state index contributed by atoms with van der Waals surface area (Å²) in [5.41, 5.74) is 2.85. The van der Waals surface area contributed by atoms with Crippen molar-refractivity contribution in [1.82, 2.24) is 10.2 Å². The predicted octanol–water partition coefficient (Wildman–Crippen LogP) is 3.92. The van der Waals surface area contributed by atoms with E-state index in [1.165, 1.54) is 0 Å². The largest absolute Gasteiger partial charge is 0.412 e. The number of carbonyl (C=O) groups is 2. The summed E-state index contributed by atoms with van der Waals surface area (Å²) in [7, 11) is 0. The Bertz CT molecular complexity index is 1050. The van der Waals surface area contributed by atoms with Crippen molar-refractivity contribution in [1.29, 1.82) is 0 Å². The standard InChI is InChI=1S/C27H29N3O3/c28-33-24-16-12-22(13-17-24)26(27(32)29-19-21-9-5-2-6-10-21)30(23-14-15-23)25(31)18-11-20-7-3-1-4-8-20/h1-10,12-13,16-17,23,26H,11,14-15,18-19,28H2,(H,29,32). The molecule has 0 radical (unpaired) electrons. The lowest BCUT2D eigenvalue weighted by atomic mass is 10.0. The van der Waals surface area contributed by atoms with E-state index in [0.29, 0.717) is 25.1 Å². The molecule has 1 aliphatic carbocycles. The molecule has 0 saturated heterocycles. The molecule has 6 nitrogen and oxygen atoms in total. The Morgan fingerprint density at radius 3 is 2.09 bits per heavy atom. The van der Waals surface area contributed by atoms with E-state index in [4.69, 9.17) is 10.7 Å². The average Bonchev–Trinajstić information content (AvgIpc) is 3.71. The van der Waals surface area contributed by atoms with E-state index in [0.717, 1.165) is 29.5 Å². The Hall–Kier alpha value is -3.64. The van der Waals surface area contributed by atoms with Crippen molar-refractivity contribution in [3.63, 3.8) is 0 Å². The Balaban J connectivity index is 1.56. The van der Waals surface area contributed by atoms with E-state index >= 15 is 0 Å². The number of benzene rings is 3. The van der Waals surface area contributed by atoms with Crippen LogP contribution in [0.3, 0.4) is 0 Å². The van der Waals surface area contributed by atoms with Gasteiger partial charge in [0.15, 0.2) is 0 Å². The molecule has 170 valence electrons. The van der Waals surface area contributed by atoms with Gasteiger partial charge in [-0.2, -0.15) is 5.90 Å². The number of hydrogen-bond donors (Lipinski definition) is 2. The van der Waals surface area contributed by atoms with Crippen LogP contribution in [0, 0.1) is 0 Å². The number of carbonyl (C=O) groups excluding carboxylic acids is 2. The molecular weight excluding hydrogens is 414 g/mol. The molecule has 2 amide bonds. The minimum Gasteiger partial charge on any atom is -0.412 e. The molecule has 0 aliphatic heterocycles. The van der Waals surface area contributed by atoms with Crippen molar-refractivity contribution in [2.24, 2.45) is 5.90 Å². The monoisotopic (exact) mass is 443 g/mol. The van der Waals surface area contributed by atoms with Crippen LogP contribution in [0.4, 0.5) is 0 Å². The number of nitrogens with one attached hydrogen (secondary N) is 1. The van der Waals surface area contributed by atoms with Crippen LogP contribution in [-0.2, 0) is 22.6 Å². The summed E-state index contributed by atoms with van der Waals surface area (Å²) >= 11 is 0. The van der Waals surface area contributed by atoms with Gasteiger partial charge in [0.05, 0.1) is 0 Å². The predicted molar refractivity (Wildman–Crippen MR) is 127 cm³/mol. The van der Waals surface area contributed by atoms with Gasteiger partial charge in [0, 0.05) is 19.0 Å². The Labute approximate surface area is 194 Å². The second-order valence-electron chi connectivity index (χ2n) is 8.31. The molecule has 3 N–H and O–H groups in total. The minimum absolute atomic E-state index is 0.0136. The first-order valence-corrected chi connectivity index (χ1v) is 11.3. The van der Waals surface area contributed by atoms with Crippen LogP contribution in [0.1, 0.15) is 42.0 Å². The number of hydrogen-bond acceptors (Lipinski definition) is 4. The molecule has 33 heavy (non-hydrogen) atoms. The smallest absolute Gasteiger partial charge is 0.247 e. The fraction of sp³-hybridized carbons (Fsp3) is 0.259. The van der Waals surface area contributed by atoms with E-state index in [1.807, 2.05) is 60.7 Å². The number of aryl methyl sites for hydroxylation is 1. The van der Waals surface area contributed by atoms with Crippen LogP contribution in [0.15, 0.2) is 84.9 Å². The molecule has 1 aliphatic rings. The third-order valence-corrected chi connectivity index (χ3v) is 5.87. The molecule has 0 bridgehead atoms. The summed E-state index contributed by atoms with van der Waals surface area (Å²) in [6, 6.07) is 26.1. The zero-order valence-electron chi connectivity index (χ0n) is 18.5. The normalized spacial score (nSPS) is 13.7. The van der Waals surface area contributed by atoms with Crippen LogP contribution in [-0.4, -0.2) is 22.8 Å². The third-order valence-electron chi connectivity index (χ3n) is 5.87. The van der Waals surface area contributed by atoms with Crippen LogP contribution in [0.5, 0.6) is 5.75 Å². The Kier molecular flexibility index (Phi) is 7.37. The first kappa shape index (κ1) is 22.6. The number of nitrogens with zero attached hydrogens (tertiary/aromatic N) is 1. The molecule has 6 heteroatoms. The number of amides is 2. The molecule has 1 atom stereocenters. The van der Waals surface area contributed by atoms with Gasteiger partial charge >= 0.3 is 0 Å². The zero-order chi connectivity index (χ0) is 23.0. The first-order chi connectivity index (χ1) is 16.2. The lowest BCUT2D eigenvalue weighted by Crippen LogP contribution is -2.45. The van der Waals surface area contributed by atoms with Crippen molar-refractivity contribution in [3.05, 3.63) is 102 Å². The Morgan fingerprint density at radius 1 is 0.909 bits per heavy atom. The molecule has 0 heterocycles. The van der Waals surface area contributed by atoms with E-state index in [1.54, 1.807) is 29.2 Å². The van der Waals surface area contributed by atoms with E-state index in [-0.39, 0.29) is 17.9 Å². The van der Waals surface area contributed by atoms with Crippen molar-refractivity contribution in [2.45, 2.75) is 44.3 Å². The van der Waals surface area contributed by atoms with Gasteiger partial charge in [0.25, 0.3) is 0 Å². The molecule has 0 spiro atoms.